The van der Waals surface area contributed by atoms with Gasteiger partial charge in [-0.1, -0.05) is 30.1 Å². The first-order chi connectivity index (χ1) is 14.7. The van der Waals surface area contributed by atoms with E-state index in [2.05, 4.69) is 15.3 Å². The maximum atomic E-state index is 13.9. The maximum absolute atomic E-state index is 13.9. The molecular formula is C19H12Cl2F3N5O2. The molecule has 0 unspecified atom stereocenters. The van der Waals surface area contributed by atoms with Crippen LogP contribution in [0, 0.1) is 0 Å². The number of rotatable bonds is 4. The number of alkyl halides is 3. The lowest BCUT2D eigenvalue weighted by atomic mass is 10.2. The fourth-order valence-corrected chi connectivity index (χ4v) is 3.22. The van der Waals surface area contributed by atoms with Crippen molar-refractivity contribution in [1.29, 1.82) is 0 Å². The molecule has 0 fully saturated rings. The number of benzene rings is 1. The molecule has 0 aliphatic rings. The third kappa shape index (κ3) is 3.84. The smallest absolute Gasteiger partial charge is 0.421 e. The highest BCUT2D eigenvalue weighted by Crippen LogP contribution is 2.38. The molecule has 0 saturated carbocycles. The lowest BCUT2D eigenvalue weighted by Gasteiger charge is -2.13. The van der Waals surface area contributed by atoms with Gasteiger partial charge >= 0.3 is 6.18 Å². The van der Waals surface area contributed by atoms with E-state index in [4.69, 9.17) is 27.6 Å². The zero-order chi connectivity index (χ0) is 22.3. The average molecular weight is 470 g/mol. The van der Waals surface area contributed by atoms with Gasteiger partial charge < -0.3 is 4.42 Å². The van der Waals surface area contributed by atoms with Crippen LogP contribution in [-0.2, 0) is 12.6 Å². The molecular weight excluding hydrogens is 458 g/mol. The summed E-state index contributed by atoms with van der Waals surface area (Å²) in [6.45, 7) is 1.74. The zero-order valence-corrected chi connectivity index (χ0v) is 17.2. The van der Waals surface area contributed by atoms with Crippen molar-refractivity contribution in [2.45, 2.75) is 19.5 Å². The Bertz CT molecular complexity index is 1310. The summed E-state index contributed by atoms with van der Waals surface area (Å²) in [4.78, 5) is 12.3. The van der Waals surface area contributed by atoms with Crippen molar-refractivity contribution in [2.75, 3.05) is 0 Å². The molecule has 7 nitrogen and oxygen atoms in total. The van der Waals surface area contributed by atoms with Gasteiger partial charge in [-0.25, -0.2) is 4.68 Å². The number of hydrogen-bond donors (Lipinski definition) is 0. The second kappa shape index (κ2) is 7.86. The average Bonchev–Trinajstić information content (AvgIpc) is 3.39. The fourth-order valence-electron chi connectivity index (χ4n) is 2.93. The Morgan fingerprint density at radius 1 is 1.06 bits per heavy atom. The SMILES string of the molecule is CCc1nnc(-c2cnn(-c3ccc(-n4ccc(Cl)c(Cl)c4=O)cc3)c2C(F)(F)F)o1. The highest BCUT2D eigenvalue weighted by Gasteiger charge is 2.40. The molecule has 160 valence electrons. The van der Waals surface area contributed by atoms with Crippen LogP contribution in [0.15, 0.2) is 51.9 Å². The molecule has 0 spiro atoms. The summed E-state index contributed by atoms with van der Waals surface area (Å²) in [5, 5.41) is 11.2. The number of aryl methyl sites for hydroxylation is 1. The van der Waals surface area contributed by atoms with Gasteiger partial charge in [0.05, 0.1) is 22.5 Å². The van der Waals surface area contributed by atoms with Crippen LogP contribution in [0.1, 0.15) is 18.5 Å². The van der Waals surface area contributed by atoms with E-state index >= 15 is 0 Å². The van der Waals surface area contributed by atoms with Crippen LogP contribution in [0.5, 0.6) is 0 Å². The third-order valence-electron chi connectivity index (χ3n) is 4.40. The molecule has 12 heteroatoms. The Kier molecular flexibility index (Phi) is 5.36. The highest BCUT2D eigenvalue weighted by molar-refractivity contribution is 6.41. The number of hydrogen-bond acceptors (Lipinski definition) is 5. The van der Waals surface area contributed by atoms with Crippen LogP contribution in [-0.4, -0.2) is 24.5 Å². The van der Waals surface area contributed by atoms with Gasteiger partial charge in [0.15, 0.2) is 5.69 Å². The number of halogens is 5. The molecule has 0 N–H and O–H groups in total. The lowest BCUT2D eigenvalue weighted by Crippen LogP contribution is -2.18. The molecule has 0 aliphatic heterocycles. The predicted octanol–water partition coefficient (Wildman–Crippen LogP) is 4.96. The number of pyridine rings is 1. The Hall–Kier alpha value is -3.11. The predicted molar refractivity (Wildman–Crippen MR) is 107 cm³/mol. The molecule has 0 radical (unpaired) electrons. The van der Waals surface area contributed by atoms with Crippen molar-refractivity contribution >= 4 is 23.2 Å². The summed E-state index contributed by atoms with van der Waals surface area (Å²) < 4.78 is 48.8. The quantitative estimate of drug-likeness (QED) is 0.421. The first kappa shape index (κ1) is 21.1. The third-order valence-corrected chi connectivity index (χ3v) is 5.17. The van der Waals surface area contributed by atoms with Crippen molar-refractivity contribution in [3.8, 4) is 22.8 Å². The molecule has 0 saturated heterocycles. The molecule has 0 bridgehead atoms. The standard InChI is InChI=1S/C19H12Cl2F3N5O2/c1-2-14-26-27-17(31-14)12-9-25-29(16(12)19(22,23)24)11-5-3-10(4-6-11)28-8-7-13(20)15(21)18(28)30/h3-9H,2H2,1H3. The van der Waals surface area contributed by atoms with Crippen molar-refractivity contribution in [2.24, 2.45) is 0 Å². The molecule has 4 rings (SSSR count). The largest absolute Gasteiger partial charge is 0.434 e. The van der Waals surface area contributed by atoms with Crippen LogP contribution in [0.2, 0.25) is 10.0 Å². The number of nitrogens with zero attached hydrogens (tertiary/aromatic N) is 5. The molecule has 0 amide bonds. The van der Waals surface area contributed by atoms with Crippen molar-refractivity contribution in [3.63, 3.8) is 0 Å². The van der Waals surface area contributed by atoms with Crippen LogP contribution in [0.25, 0.3) is 22.8 Å². The first-order valence-electron chi connectivity index (χ1n) is 8.86. The monoisotopic (exact) mass is 469 g/mol. The van der Waals surface area contributed by atoms with E-state index in [1.54, 1.807) is 6.92 Å². The van der Waals surface area contributed by atoms with Gasteiger partial charge in [-0.2, -0.15) is 18.3 Å². The zero-order valence-electron chi connectivity index (χ0n) is 15.7. The van der Waals surface area contributed by atoms with E-state index in [0.29, 0.717) is 12.1 Å². The molecule has 0 atom stereocenters. The maximum Gasteiger partial charge on any atom is 0.434 e. The number of aromatic nitrogens is 5. The van der Waals surface area contributed by atoms with Crippen LogP contribution in [0.3, 0.4) is 0 Å². The van der Waals surface area contributed by atoms with Crippen molar-refractivity contribution in [1.82, 2.24) is 24.5 Å². The molecule has 3 heterocycles. The fraction of sp³-hybridized carbons (Fsp3) is 0.158. The Morgan fingerprint density at radius 2 is 1.74 bits per heavy atom. The minimum Gasteiger partial charge on any atom is -0.421 e. The van der Waals surface area contributed by atoms with Crippen LogP contribution < -0.4 is 5.56 Å². The van der Waals surface area contributed by atoms with Gasteiger partial charge in [-0.15, -0.1) is 10.2 Å². The van der Waals surface area contributed by atoms with E-state index in [0.717, 1.165) is 10.9 Å². The summed E-state index contributed by atoms with van der Waals surface area (Å²) in [5.41, 5.74) is -1.44. The molecule has 0 aliphatic carbocycles. The van der Waals surface area contributed by atoms with Crippen molar-refractivity contribution in [3.05, 3.63) is 74.7 Å². The second-order valence-corrected chi connectivity index (χ2v) is 7.13. The van der Waals surface area contributed by atoms with Gasteiger partial charge in [-0.3, -0.25) is 9.36 Å². The van der Waals surface area contributed by atoms with E-state index < -0.39 is 17.4 Å². The lowest BCUT2D eigenvalue weighted by molar-refractivity contribution is -0.142. The summed E-state index contributed by atoms with van der Waals surface area (Å²) >= 11 is 11.7. The minimum atomic E-state index is -4.74. The normalized spacial score (nSPS) is 11.8. The van der Waals surface area contributed by atoms with Gasteiger partial charge in [0.25, 0.3) is 11.4 Å². The topological polar surface area (TPSA) is 78.7 Å². The second-order valence-electron chi connectivity index (χ2n) is 6.34. The van der Waals surface area contributed by atoms with E-state index in [1.165, 1.54) is 41.1 Å². The van der Waals surface area contributed by atoms with E-state index in [-0.39, 0.29) is 33.1 Å². The van der Waals surface area contributed by atoms with E-state index in [9.17, 15) is 18.0 Å². The van der Waals surface area contributed by atoms with Gasteiger partial charge in [0.2, 0.25) is 5.89 Å². The van der Waals surface area contributed by atoms with Crippen LogP contribution >= 0.6 is 23.2 Å². The Balaban J connectivity index is 1.78. The minimum absolute atomic E-state index is 0.102. The Labute approximate surface area is 182 Å². The molecule has 31 heavy (non-hydrogen) atoms. The molecule has 3 aromatic heterocycles. The van der Waals surface area contributed by atoms with Gasteiger partial charge in [0, 0.05) is 18.3 Å². The van der Waals surface area contributed by atoms with Crippen LogP contribution in [0.4, 0.5) is 13.2 Å². The highest BCUT2D eigenvalue weighted by atomic mass is 35.5. The molecule has 1 aromatic carbocycles. The van der Waals surface area contributed by atoms with Gasteiger partial charge in [-0.05, 0) is 30.3 Å². The summed E-state index contributed by atoms with van der Waals surface area (Å²) in [6.07, 6.45) is -1.92. The summed E-state index contributed by atoms with van der Waals surface area (Å²) in [7, 11) is 0. The van der Waals surface area contributed by atoms with Gasteiger partial charge in [0.1, 0.15) is 5.02 Å². The first-order valence-corrected chi connectivity index (χ1v) is 9.61. The summed E-state index contributed by atoms with van der Waals surface area (Å²) in [5.74, 6) is -0.0540. The summed E-state index contributed by atoms with van der Waals surface area (Å²) in [6, 6.07) is 7.15. The molecule has 4 aromatic rings. The van der Waals surface area contributed by atoms with Crippen molar-refractivity contribution < 1.29 is 17.6 Å². The van der Waals surface area contributed by atoms with E-state index in [1.807, 2.05) is 0 Å². The Morgan fingerprint density at radius 3 is 2.35 bits per heavy atom.